The number of aromatic nitrogens is 1. The number of sulfonamides is 1. The molecule has 0 fully saturated rings. The Hall–Kier alpha value is -2.18. The second kappa shape index (κ2) is 5.90. The van der Waals surface area contributed by atoms with Gasteiger partial charge < -0.3 is 0 Å². The van der Waals surface area contributed by atoms with Crippen molar-refractivity contribution in [1.29, 1.82) is 0 Å². The summed E-state index contributed by atoms with van der Waals surface area (Å²) in [5, 5.41) is 2.13. The van der Waals surface area contributed by atoms with Crippen LogP contribution >= 0.6 is 11.3 Å². The van der Waals surface area contributed by atoms with Gasteiger partial charge in [-0.05, 0) is 36.8 Å². The van der Waals surface area contributed by atoms with Gasteiger partial charge >= 0.3 is 0 Å². The third kappa shape index (κ3) is 3.52. The summed E-state index contributed by atoms with van der Waals surface area (Å²) in [6.07, 6.45) is 1.57. The van der Waals surface area contributed by atoms with Crippen LogP contribution in [-0.4, -0.2) is 13.4 Å². The first-order chi connectivity index (χ1) is 10.5. The van der Waals surface area contributed by atoms with E-state index in [1.165, 1.54) is 16.7 Å². The largest absolute Gasteiger partial charge is 0.280 e. The maximum absolute atomic E-state index is 12.1. The van der Waals surface area contributed by atoms with Crippen molar-refractivity contribution in [2.75, 3.05) is 4.72 Å². The van der Waals surface area contributed by atoms with E-state index in [2.05, 4.69) is 9.71 Å². The first-order valence-electron chi connectivity index (χ1n) is 6.65. The van der Waals surface area contributed by atoms with E-state index >= 15 is 0 Å². The molecule has 0 saturated carbocycles. The molecule has 0 radical (unpaired) electrons. The van der Waals surface area contributed by atoms with Gasteiger partial charge in [-0.25, -0.2) is 13.4 Å². The smallest absolute Gasteiger partial charge is 0.255 e. The van der Waals surface area contributed by atoms with Crippen LogP contribution in [0.25, 0.3) is 16.3 Å². The molecular formula is C16H14N2O2S2. The summed E-state index contributed by atoms with van der Waals surface area (Å²) in [5.74, 6) is 0. The number of nitrogens with one attached hydrogen (secondary N) is 1. The first-order valence-corrected chi connectivity index (χ1v) is 9.01. The molecule has 0 atom stereocenters. The van der Waals surface area contributed by atoms with Gasteiger partial charge in [0.05, 0.1) is 26.3 Å². The van der Waals surface area contributed by atoms with Gasteiger partial charge in [-0.15, -0.1) is 11.3 Å². The summed E-state index contributed by atoms with van der Waals surface area (Å²) in [5.41, 5.74) is 2.25. The monoisotopic (exact) mass is 330 g/mol. The second-order valence-corrected chi connectivity index (χ2v) is 7.58. The van der Waals surface area contributed by atoms with Gasteiger partial charge in [0.1, 0.15) is 0 Å². The highest BCUT2D eigenvalue weighted by Crippen LogP contribution is 2.25. The summed E-state index contributed by atoms with van der Waals surface area (Å²) in [6.45, 7) is 1.93. The average Bonchev–Trinajstić information content (AvgIpc) is 2.85. The van der Waals surface area contributed by atoms with Crippen LogP contribution in [0.3, 0.4) is 0 Å². The van der Waals surface area contributed by atoms with Crippen molar-refractivity contribution in [1.82, 2.24) is 4.98 Å². The molecule has 0 amide bonds. The van der Waals surface area contributed by atoms with Crippen molar-refractivity contribution in [3.63, 3.8) is 0 Å². The van der Waals surface area contributed by atoms with Crippen molar-refractivity contribution in [3.8, 4) is 0 Å². The van der Waals surface area contributed by atoms with Gasteiger partial charge in [0.2, 0.25) is 0 Å². The zero-order chi connectivity index (χ0) is 15.6. The van der Waals surface area contributed by atoms with Crippen LogP contribution in [0.5, 0.6) is 0 Å². The summed E-state index contributed by atoms with van der Waals surface area (Å²) < 4.78 is 27.7. The first kappa shape index (κ1) is 14.7. The van der Waals surface area contributed by atoms with E-state index in [0.717, 1.165) is 20.8 Å². The third-order valence-corrected chi connectivity index (χ3v) is 4.94. The Morgan fingerprint density at radius 1 is 1.14 bits per heavy atom. The number of nitrogens with zero attached hydrogens (tertiary/aromatic N) is 1. The second-order valence-electron chi connectivity index (χ2n) is 4.78. The minimum atomic E-state index is -3.54. The zero-order valence-corrected chi connectivity index (χ0v) is 13.5. The van der Waals surface area contributed by atoms with Crippen LogP contribution in [0, 0.1) is 6.92 Å². The number of rotatable bonds is 4. The number of benzene rings is 2. The van der Waals surface area contributed by atoms with Crippen molar-refractivity contribution in [2.24, 2.45) is 0 Å². The van der Waals surface area contributed by atoms with E-state index in [1.54, 1.807) is 18.2 Å². The number of fused-ring (bicyclic) bond motifs is 1. The molecule has 0 saturated heterocycles. The van der Waals surface area contributed by atoms with Crippen LogP contribution < -0.4 is 4.72 Å². The van der Waals surface area contributed by atoms with E-state index in [4.69, 9.17) is 0 Å². The molecule has 0 bridgehead atoms. The Labute approximate surface area is 133 Å². The van der Waals surface area contributed by atoms with E-state index in [0.29, 0.717) is 5.69 Å². The number of thiazole rings is 1. The lowest BCUT2D eigenvalue weighted by Gasteiger charge is -2.04. The molecule has 0 aliphatic carbocycles. The molecule has 22 heavy (non-hydrogen) atoms. The number of hydrogen-bond acceptors (Lipinski definition) is 4. The van der Waals surface area contributed by atoms with Crippen molar-refractivity contribution in [2.45, 2.75) is 6.92 Å². The number of hydrogen-bond donors (Lipinski definition) is 1. The molecule has 1 N–H and O–H groups in total. The normalized spacial score (nSPS) is 12.0. The Morgan fingerprint density at radius 3 is 2.68 bits per heavy atom. The van der Waals surface area contributed by atoms with Gasteiger partial charge in [0.15, 0.2) is 0 Å². The van der Waals surface area contributed by atoms with E-state index < -0.39 is 10.0 Å². The lowest BCUT2D eigenvalue weighted by molar-refractivity contribution is 0.609. The fourth-order valence-electron chi connectivity index (χ4n) is 2.03. The summed E-state index contributed by atoms with van der Waals surface area (Å²) in [4.78, 5) is 4.35. The van der Waals surface area contributed by atoms with Gasteiger partial charge in [0.25, 0.3) is 10.0 Å². The number of anilines is 1. The zero-order valence-electron chi connectivity index (χ0n) is 11.9. The van der Waals surface area contributed by atoms with Gasteiger partial charge in [-0.1, -0.05) is 30.3 Å². The highest BCUT2D eigenvalue weighted by molar-refractivity contribution is 7.95. The molecule has 112 valence electrons. The standard InChI is InChI=1S/C16H14N2O2S2/c1-12-17-15-8-7-14(11-16(15)21-12)18-22(19,20)10-9-13-5-3-2-4-6-13/h2-11,18H,1H3/b10-9+. The Bertz CT molecular complexity index is 929. The average molecular weight is 330 g/mol. The maximum Gasteiger partial charge on any atom is 0.255 e. The van der Waals surface area contributed by atoms with Gasteiger partial charge in [-0.2, -0.15) is 0 Å². The summed E-state index contributed by atoms with van der Waals surface area (Å²) in [7, 11) is -3.54. The molecule has 4 nitrogen and oxygen atoms in total. The van der Waals surface area contributed by atoms with E-state index in [9.17, 15) is 8.42 Å². The van der Waals surface area contributed by atoms with Gasteiger partial charge in [0, 0.05) is 0 Å². The molecule has 3 aromatic rings. The number of aryl methyl sites for hydroxylation is 1. The van der Waals surface area contributed by atoms with Crippen LogP contribution in [0.4, 0.5) is 5.69 Å². The van der Waals surface area contributed by atoms with Crippen molar-refractivity contribution >= 4 is 43.3 Å². The highest BCUT2D eigenvalue weighted by Gasteiger charge is 2.07. The quantitative estimate of drug-likeness (QED) is 0.786. The molecular weight excluding hydrogens is 316 g/mol. The van der Waals surface area contributed by atoms with E-state index in [1.807, 2.05) is 43.3 Å². The van der Waals surface area contributed by atoms with Crippen LogP contribution in [0.2, 0.25) is 0 Å². The fourth-order valence-corrected chi connectivity index (χ4v) is 3.76. The molecule has 0 aliphatic heterocycles. The summed E-state index contributed by atoms with van der Waals surface area (Å²) in [6, 6.07) is 14.6. The molecule has 0 spiro atoms. The van der Waals surface area contributed by atoms with Crippen LogP contribution in [-0.2, 0) is 10.0 Å². The predicted molar refractivity (Wildman–Crippen MR) is 92.4 cm³/mol. The molecule has 2 aromatic carbocycles. The minimum absolute atomic E-state index is 0.536. The predicted octanol–water partition coefficient (Wildman–Crippen LogP) is 4.02. The van der Waals surface area contributed by atoms with Crippen LogP contribution in [0.15, 0.2) is 53.9 Å². The lowest BCUT2D eigenvalue weighted by atomic mass is 10.2. The molecule has 1 heterocycles. The molecule has 1 aromatic heterocycles. The van der Waals surface area contributed by atoms with Gasteiger partial charge in [-0.3, -0.25) is 4.72 Å². The Morgan fingerprint density at radius 2 is 1.91 bits per heavy atom. The Balaban J connectivity index is 1.81. The fraction of sp³-hybridized carbons (Fsp3) is 0.0625. The third-order valence-electron chi connectivity index (χ3n) is 2.99. The van der Waals surface area contributed by atoms with E-state index in [-0.39, 0.29) is 0 Å². The maximum atomic E-state index is 12.1. The molecule has 0 unspecified atom stereocenters. The summed E-state index contributed by atoms with van der Waals surface area (Å²) >= 11 is 1.54. The van der Waals surface area contributed by atoms with Crippen molar-refractivity contribution < 1.29 is 8.42 Å². The Kier molecular flexibility index (Phi) is 3.96. The molecule has 6 heteroatoms. The minimum Gasteiger partial charge on any atom is -0.280 e. The lowest BCUT2D eigenvalue weighted by Crippen LogP contribution is -2.08. The topological polar surface area (TPSA) is 59.1 Å². The molecule has 0 aliphatic rings. The molecule has 3 rings (SSSR count). The SMILES string of the molecule is Cc1nc2ccc(NS(=O)(=O)/C=C/c3ccccc3)cc2s1. The highest BCUT2D eigenvalue weighted by atomic mass is 32.2. The van der Waals surface area contributed by atoms with Crippen molar-refractivity contribution in [3.05, 3.63) is 64.5 Å². The van der Waals surface area contributed by atoms with Crippen LogP contribution in [0.1, 0.15) is 10.6 Å².